The molecule has 1 amide bonds. The number of hydrogen-bond donors (Lipinski definition) is 2. The first-order chi connectivity index (χ1) is 8.01. The number of rotatable bonds is 0. The zero-order chi connectivity index (χ0) is 14.4. The van der Waals surface area contributed by atoms with E-state index in [1.54, 1.807) is 0 Å². The second-order valence-corrected chi connectivity index (χ2v) is 3.43. The van der Waals surface area contributed by atoms with E-state index >= 15 is 0 Å². The van der Waals surface area contributed by atoms with Gasteiger partial charge in [-0.2, -0.15) is 26.3 Å². The molecule has 0 aromatic carbocycles. The largest absolute Gasteiger partial charge is 0.465 e. The maximum Gasteiger partial charge on any atom is 0.407 e. The fraction of sp³-hybridized carbons (Fsp3) is 0.875. The first-order valence-electron chi connectivity index (χ1n) is 4.83. The van der Waals surface area contributed by atoms with E-state index in [-0.39, 0.29) is 0 Å². The zero-order valence-electron chi connectivity index (χ0n) is 9.11. The summed E-state index contributed by atoms with van der Waals surface area (Å²) in [6.07, 6.45) is -13.8. The van der Waals surface area contributed by atoms with Crippen LogP contribution in [0.2, 0.25) is 0 Å². The Morgan fingerprint density at radius 3 is 1.61 bits per heavy atom. The van der Waals surface area contributed by atoms with Crippen molar-refractivity contribution in [1.82, 2.24) is 10.2 Å². The highest BCUT2D eigenvalue weighted by molar-refractivity contribution is 5.65. The first-order valence-corrected chi connectivity index (χ1v) is 4.83. The van der Waals surface area contributed by atoms with Crippen molar-refractivity contribution in [3.8, 4) is 0 Å². The standard InChI is InChI=1S/C5H10N2O2.C3H2F6/c8-5(9)7-3-1-6-2-4-7;4-2(5,6)1-3(7,8)9/h6H,1-4H2,(H,8,9);1H2. The molecule has 0 unspecified atom stereocenters. The molecule has 10 heteroatoms. The molecule has 4 nitrogen and oxygen atoms in total. The molecule has 0 atom stereocenters. The molecule has 2 N–H and O–H groups in total. The minimum atomic E-state index is -5.14. The molecule has 1 rings (SSSR count). The van der Waals surface area contributed by atoms with Crippen molar-refractivity contribution in [2.24, 2.45) is 0 Å². The van der Waals surface area contributed by atoms with Crippen LogP contribution in [-0.4, -0.2) is 54.6 Å². The number of piperazine rings is 1. The number of carbonyl (C=O) groups is 1. The Morgan fingerprint density at radius 1 is 1.06 bits per heavy atom. The molecule has 0 saturated carbocycles. The number of alkyl halides is 6. The van der Waals surface area contributed by atoms with Gasteiger partial charge in [-0.25, -0.2) is 4.79 Å². The third-order valence-corrected chi connectivity index (χ3v) is 1.79. The molecule has 0 bridgehead atoms. The van der Waals surface area contributed by atoms with Crippen LogP contribution >= 0.6 is 0 Å². The number of nitrogens with zero attached hydrogens (tertiary/aromatic N) is 1. The second-order valence-electron chi connectivity index (χ2n) is 3.43. The molecule has 1 aliphatic rings. The molecule has 1 fully saturated rings. The SMILES string of the molecule is FC(F)(F)CC(F)(F)F.O=C(O)N1CCNCC1. The van der Waals surface area contributed by atoms with Crippen molar-refractivity contribution in [2.75, 3.05) is 26.2 Å². The van der Waals surface area contributed by atoms with Gasteiger partial charge in [-0.05, 0) is 0 Å². The maximum absolute atomic E-state index is 10.8. The van der Waals surface area contributed by atoms with Crippen LogP contribution in [0.25, 0.3) is 0 Å². The van der Waals surface area contributed by atoms with Gasteiger partial charge in [0.1, 0.15) is 6.42 Å². The first kappa shape index (κ1) is 16.8. The molecule has 108 valence electrons. The van der Waals surface area contributed by atoms with E-state index in [0.717, 1.165) is 13.1 Å². The smallest absolute Gasteiger partial charge is 0.407 e. The van der Waals surface area contributed by atoms with Crippen molar-refractivity contribution in [3.63, 3.8) is 0 Å². The minimum absolute atomic E-state index is 0.620. The van der Waals surface area contributed by atoms with Gasteiger partial charge in [0.05, 0.1) is 0 Å². The normalized spacial score (nSPS) is 16.9. The Bertz CT molecular complexity index is 247. The Hall–Kier alpha value is -1.19. The Labute approximate surface area is 98.6 Å². The Balaban J connectivity index is 0.000000321. The van der Waals surface area contributed by atoms with E-state index in [4.69, 9.17) is 5.11 Å². The lowest BCUT2D eigenvalue weighted by molar-refractivity contribution is -0.232. The van der Waals surface area contributed by atoms with E-state index in [9.17, 15) is 31.1 Å². The van der Waals surface area contributed by atoms with Crippen LogP contribution in [0.3, 0.4) is 0 Å². The average molecular weight is 282 g/mol. The van der Waals surface area contributed by atoms with Crippen LogP contribution < -0.4 is 5.32 Å². The average Bonchev–Trinajstić information content (AvgIpc) is 2.14. The van der Waals surface area contributed by atoms with Crippen molar-refractivity contribution in [2.45, 2.75) is 18.8 Å². The summed E-state index contributed by atoms with van der Waals surface area (Å²) in [6, 6.07) is 0. The topological polar surface area (TPSA) is 52.6 Å². The molecular weight excluding hydrogens is 270 g/mol. The van der Waals surface area contributed by atoms with Gasteiger partial charge in [0.25, 0.3) is 0 Å². The molecule has 1 aliphatic heterocycles. The summed E-state index contributed by atoms with van der Waals surface area (Å²) < 4.78 is 65.0. The number of amides is 1. The molecule has 0 radical (unpaired) electrons. The van der Waals surface area contributed by atoms with Crippen molar-refractivity contribution < 1.29 is 36.2 Å². The summed E-state index contributed by atoms with van der Waals surface area (Å²) in [6.45, 7) is 2.81. The van der Waals surface area contributed by atoms with Crippen LogP contribution in [-0.2, 0) is 0 Å². The Kier molecular flexibility index (Phi) is 6.22. The zero-order valence-corrected chi connectivity index (χ0v) is 9.11. The van der Waals surface area contributed by atoms with Crippen molar-refractivity contribution in [1.29, 1.82) is 0 Å². The second kappa shape index (κ2) is 6.66. The number of hydrogen-bond acceptors (Lipinski definition) is 2. The lowest BCUT2D eigenvalue weighted by atomic mass is 10.4. The van der Waals surface area contributed by atoms with Gasteiger partial charge in [0.2, 0.25) is 0 Å². The Morgan fingerprint density at radius 2 is 1.44 bits per heavy atom. The maximum atomic E-state index is 10.8. The van der Waals surface area contributed by atoms with E-state index in [1.807, 2.05) is 0 Å². The molecule has 0 aromatic heterocycles. The fourth-order valence-corrected chi connectivity index (χ4v) is 1.08. The number of nitrogens with one attached hydrogen (secondary N) is 1. The van der Waals surface area contributed by atoms with Crippen molar-refractivity contribution >= 4 is 6.09 Å². The van der Waals surface area contributed by atoms with Crippen molar-refractivity contribution in [3.05, 3.63) is 0 Å². The molecule has 0 aromatic rings. The van der Waals surface area contributed by atoms with Crippen LogP contribution in [0.15, 0.2) is 0 Å². The molecule has 18 heavy (non-hydrogen) atoms. The highest BCUT2D eigenvalue weighted by Gasteiger charge is 2.43. The number of halogens is 6. The van der Waals surface area contributed by atoms with Crippen LogP contribution in [0.4, 0.5) is 31.1 Å². The van der Waals surface area contributed by atoms with Gasteiger partial charge < -0.3 is 15.3 Å². The lowest BCUT2D eigenvalue weighted by Crippen LogP contribution is -2.45. The predicted molar refractivity (Wildman–Crippen MR) is 49.2 cm³/mol. The summed E-state index contributed by atoms with van der Waals surface area (Å²) in [5, 5.41) is 11.5. The molecule has 0 aliphatic carbocycles. The summed E-state index contributed by atoms with van der Waals surface area (Å²) in [4.78, 5) is 11.7. The highest BCUT2D eigenvalue weighted by atomic mass is 19.4. The summed E-state index contributed by atoms with van der Waals surface area (Å²) in [7, 11) is 0. The van der Waals surface area contributed by atoms with Gasteiger partial charge in [-0.3, -0.25) is 0 Å². The van der Waals surface area contributed by atoms with Crippen LogP contribution in [0.5, 0.6) is 0 Å². The molecule has 0 spiro atoms. The van der Waals surface area contributed by atoms with E-state index in [2.05, 4.69) is 5.32 Å². The van der Waals surface area contributed by atoms with Crippen LogP contribution in [0, 0.1) is 0 Å². The molecule has 1 heterocycles. The summed E-state index contributed by atoms with van der Waals surface area (Å²) in [5.41, 5.74) is 0. The third-order valence-electron chi connectivity index (χ3n) is 1.79. The quantitative estimate of drug-likeness (QED) is 0.669. The lowest BCUT2D eigenvalue weighted by Gasteiger charge is -2.23. The number of carboxylic acid groups (broad SMARTS) is 1. The monoisotopic (exact) mass is 282 g/mol. The van der Waals surface area contributed by atoms with E-state index < -0.39 is 24.9 Å². The van der Waals surface area contributed by atoms with Crippen LogP contribution in [0.1, 0.15) is 6.42 Å². The highest BCUT2D eigenvalue weighted by Crippen LogP contribution is 2.31. The molecular formula is C8H12F6N2O2. The fourth-order valence-electron chi connectivity index (χ4n) is 1.08. The van der Waals surface area contributed by atoms with E-state index in [0.29, 0.717) is 13.1 Å². The summed E-state index contributed by atoms with van der Waals surface area (Å²) >= 11 is 0. The third kappa shape index (κ3) is 10.00. The van der Waals surface area contributed by atoms with Gasteiger partial charge in [-0.15, -0.1) is 0 Å². The van der Waals surface area contributed by atoms with E-state index in [1.165, 1.54) is 4.90 Å². The van der Waals surface area contributed by atoms with Gasteiger partial charge >= 0.3 is 18.4 Å². The molecule has 1 saturated heterocycles. The minimum Gasteiger partial charge on any atom is -0.465 e. The summed E-state index contributed by atoms with van der Waals surface area (Å²) in [5.74, 6) is 0. The van der Waals surface area contributed by atoms with Gasteiger partial charge in [-0.1, -0.05) is 0 Å². The van der Waals surface area contributed by atoms with Gasteiger partial charge in [0, 0.05) is 26.2 Å². The predicted octanol–water partition coefficient (Wildman–Crippen LogP) is 2.07. The van der Waals surface area contributed by atoms with Gasteiger partial charge in [0.15, 0.2) is 0 Å².